The Morgan fingerprint density at radius 3 is 2.08 bits per heavy atom. The summed E-state index contributed by atoms with van der Waals surface area (Å²) in [5.41, 5.74) is 2.83. The van der Waals surface area contributed by atoms with E-state index < -0.39 is 5.41 Å². The van der Waals surface area contributed by atoms with E-state index in [-0.39, 0.29) is 36.0 Å². The number of Topliss-reactive ketones (excluding diaryl/α,β-unsaturated/α-hetero) is 3. The molecule has 4 aromatic rings. The standard InChI is InChI=1S/C32H28FNO4/c1-3-28(35)25-19-27-26(16-20(25)2)29(12-15-34-27)38-24-10-6-22(7-11-24)18-31(37)32(13-14-32)30(36)17-21-4-8-23(33)9-5-21/h4-12,15-16,19H,3,13-14,17-18H2,1-2H3. The maximum Gasteiger partial charge on any atom is 0.162 e. The van der Waals surface area contributed by atoms with Gasteiger partial charge in [-0.3, -0.25) is 19.4 Å². The number of pyridine rings is 1. The highest BCUT2D eigenvalue weighted by Gasteiger charge is 2.54. The van der Waals surface area contributed by atoms with E-state index in [0.29, 0.717) is 47.4 Å². The minimum atomic E-state index is -0.921. The van der Waals surface area contributed by atoms with Crippen molar-refractivity contribution in [3.63, 3.8) is 0 Å². The second-order valence-electron chi connectivity index (χ2n) is 9.92. The number of fused-ring (bicyclic) bond motifs is 1. The number of ketones is 3. The molecule has 38 heavy (non-hydrogen) atoms. The van der Waals surface area contributed by atoms with Crippen LogP contribution in [0.5, 0.6) is 11.5 Å². The number of carbonyl (C=O) groups excluding carboxylic acids is 3. The Labute approximate surface area is 220 Å². The van der Waals surface area contributed by atoms with E-state index in [1.807, 2.05) is 38.1 Å². The van der Waals surface area contributed by atoms with Gasteiger partial charge in [-0.05, 0) is 78.9 Å². The summed E-state index contributed by atoms with van der Waals surface area (Å²) in [5, 5.41) is 0.812. The maximum absolute atomic E-state index is 13.2. The van der Waals surface area contributed by atoms with Crippen molar-refractivity contribution < 1.29 is 23.5 Å². The van der Waals surface area contributed by atoms with Gasteiger partial charge in [-0.15, -0.1) is 0 Å². The molecule has 1 aromatic heterocycles. The molecule has 5 rings (SSSR count). The molecule has 5 nitrogen and oxygen atoms in total. The number of hydrogen-bond acceptors (Lipinski definition) is 5. The van der Waals surface area contributed by atoms with Crippen LogP contribution in [0.15, 0.2) is 72.9 Å². The molecule has 0 unspecified atom stereocenters. The molecule has 0 amide bonds. The van der Waals surface area contributed by atoms with Crippen LogP contribution in [-0.4, -0.2) is 22.3 Å². The van der Waals surface area contributed by atoms with E-state index in [9.17, 15) is 18.8 Å². The lowest BCUT2D eigenvalue weighted by Crippen LogP contribution is -2.28. The molecule has 1 aliphatic rings. The topological polar surface area (TPSA) is 73.3 Å². The third kappa shape index (κ3) is 5.12. The lowest BCUT2D eigenvalue weighted by molar-refractivity contribution is -0.133. The molecule has 1 heterocycles. The number of rotatable bonds is 10. The average molecular weight is 510 g/mol. The van der Waals surface area contributed by atoms with Crippen LogP contribution in [0, 0.1) is 18.2 Å². The average Bonchev–Trinajstić information content (AvgIpc) is 3.73. The quantitative estimate of drug-likeness (QED) is 0.174. The lowest BCUT2D eigenvalue weighted by Gasteiger charge is -2.14. The summed E-state index contributed by atoms with van der Waals surface area (Å²) in [6, 6.07) is 18.6. The molecule has 1 saturated carbocycles. The smallest absolute Gasteiger partial charge is 0.162 e. The molecule has 3 aromatic carbocycles. The molecule has 6 heteroatoms. The first-order valence-corrected chi connectivity index (χ1v) is 12.8. The number of halogens is 1. The van der Waals surface area contributed by atoms with Crippen LogP contribution in [0.2, 0.25) is 0 Å². The molecular weight excluding hydrogens is 481 g/mol. The van der Waals surface area contributed by atoms with Crippen LogP contribution in [0.4, 0.5) is 4.39 Å². The van der Waals surface area contributed by atoms with Gasteiger partial charge < -0.3 is 4.74 Å². The number of nitrogens with zero attached hydrogens (tertiary/aromatic N) is 1. The van der Waals surface area contributed by atoms with E-state index in [2.05, 4.69) is 4.98 Å². The van der Waals surface area contributed by atoms with Crippen molar-refractivity contribution in [3.05, 3.63) is 101 Å². The van der Waals surface area contributed by atoms with E-state index in [1.54, 1.807) is 36.5 Å². The van der Waals surface area contributed by atoms with Crippen LogP contribution >= 0.6 is 0 Å². The van der Waals surface area contributed by atoms with Gasteiger partial charge in [-0.2, -0.15) is 0 Å². The van der Waals surface area contributed by atoms with Crippen LogP contribution in [0.25, 0.3) is 10.9 Å². The van der Waals surface area contributed by atoms with E-state index in [0.717, 1.165) is 16.5 Å². The Morgan fingerprint density at radius 1 is 0.895 bits per heavy atom. The van der Waals surface area contributed by atoms with Crippen LogP contribution in [0.3, 0.4) is 0 Å². The highest BCUT2D eigenvalue weighted by atomic mass is 19.1. The van der Waals surface area contributed by atoms with Crippen molar-refractivity contribution in [2.45, 2.75) is 46.0 Å². The predicted octanol–water partition coefficient (Wildman–Crippen LogP) is 6.77. The number of benzene rings is 3. The summed E-state index contributed by atoms with van der Waals surface area (Å²) in [6.45, 7) is 3.74. The SMILES string of the molecule is CCC(=O)c1cc2nccc(Oc3ccc(CC(=O)C4(C(=O)Cc5ccc(F)cc5)CC4)cc3)c2cc1C. The molecule has 0 spiro atoms. The fourth-order valence-corrected chi connectivity index (χ4v) is 4.81. The Bertz CT molecular complexity index is 1540. The largest absolute Gasteiger partial charge is 0.457 e. The second kappa shape index (κ2) is 10.3. The number of aryl methyl sites for hydroxylation is 1. The van der Waals surface area contributed by atoms with Gasteiger partial charge >= 0.3 is 0 Å². The van der Waals surface area contributed by atoms with Crippen molar-refractivity contribution >= 4 is 28.3 Å². The second-order valence-corrected chi connectivity index (χ2v) is 9.92. The van der Waals surface area contributed by atoms with Gasteiger partial charge in [0, 0.05) is 36.4 Å². The zero-order chi connectivity index (χ0) is 26.9. The first kappa shape index (κ1) is 25.5. The Kier molecular flexibility index (Phi) is 6.89. The number of carbonyl (C=O) groups is 3. The first-order valence-electron chi connectivity index (χ1n) is 12.8. The minimum Gasteiger partial charge on any atom is -0.457 e. The fraction of sp³-hybridized carbons (Fsp3) is 0.250. The Morgan fingerprint density at radius 2 is 1.50 bits per heavy atom. The lowest BCUT2D eigenvalue weighted by atomic mass is 9.88. The van der Waals surface area contributed by atoms with Crippen LogP contribution < -0.4 is 4.74 Å². The van der Waals surface area contributed by atoms with Crippen LogP contribution in [0.1, 0.15) is 53.2 Å². The number of hydrogen-bond donors (Lipinski definition) is 0. The molecule has 192 valence electrons. The fourth-order valence-electron chi connectivity index (χ4n) is 4.81. The summed E-state index contributed by atoms with van der Waals surface area (Å²) < 4.78 is 19.3. The highest BCUT2D eigenvalue weighted by Crippen LogP contribution is 2.48. The van der Waals surface area contributed by atoms with Crippen molar-refractivity contribution in [1.29, 1.82) is 0 Å². The van der Waals surface area contributed by atoms with Gasteiger partial charge in [0.05, 0.1) is 10.9 Å². The first-order chi connectivity index (χ1) is 18.3. The van der Waals surface area contributed by atoms with Gasteiger partial charge in [0.1, 0.15) is 17.3 Å². The van der Waals surface area contributed by atoms with Crippen molar-refractivity contribution in [2.24, 2.45) is 5.41 Å². The molecule has 0 atom stereocenters. The van der Waals surface area contributed by atoms with Crippen LogP contribution in [-0.2, 0) is 22.4 Å². The number of ether oxygens (including phenoxy) is 1. The molecule has 0 saturated heterocycles. The molecule has 1 fully saturated rings. The Hall–Kier alpha value is -4.19. The van der Waals surface area contributed by atoms with E-state index in [4.69, 9.17) is 4.74 Å². The summed E-state index contributed by atoms with van der Waals surface area (Å²) in [7, 11) is 0. The molecule has 0 aliphatic heterocycles. The molecule has 1 aliphatic carbocycles. The van der Waals surface area contributed by atoms with Gasteiger partial charge in [0.2, 0.25) is 0 Å². The third-order valence-corrected chi connectivity index (χ3v) is 7.28. The van der Waals surface area contributed by atoms with E-state index in [1.165, 1.54) is 12.1 Å². The predicted molar refractivity (Wildman–Crippen MR) is 143 cm³/mol. The van der Waals surface area contributed by atoms with Gasteiger partial charge in [-0.25, -0.2) is 4.39 Å². The monoisotopic (exact) mass is 509 g/mol. The van der Waals surface area contributed by atoms with Crippen molar-refractivity contribution in [2.75, 3.05) is 0 Å². The minimum absolute atomic E-state index is 0.0767. The molecule has 0 radical (unpaired) electrons. The summed E-state index contributed by atoms with van der Waals surface area (Å²) in [5.74, 6) is 0.779. The Balaban J connectivity index is 1.27. The van der Waals surface area contributed by atoms with Crippen molar-refractivity contribution in [1.82, 2.24) is 4.98 Å². The van der Waals surface area contributed by atoms with Gasteiger partial charge in [-0.1, -0.05) is 31.2 Å². The molecule has 0 N–H and O–H groups in total. The summed E-state index contributed by atoms with van der Waals surface area (Å²) in [6.07, 6.45) is 3.51. The van der Waals surface area contributed by atoms with Gasteiger partial charge in [0.25, 0.3) is 0 Å². The van der Waals surface area contributed by atoms with E-state index >= 15 is 0 Å². The molecular formula is C32H28FNO4. The third-order valence-electron chi connectivity index (χ3n) is 7.28. The number of aromatic nitrogens is 1. The summed E-state index contributed by atoms with van der Waals surface area (Å²) in [4.78, 5) is 42.7. The molecule has 0 bridgehead atoms. The van der Waals surface area contributed by atoms with Gasteiger partial charge in [0.15, 0.2) is 17.3 Å². The van der Waals surface area contributed by atoms with Crippen molar-refractivity contribution in [3.8, 4) is 11.5 Å². The highest BCUT2D eigenvalue weighted by molar-refractivity contribution is 6.11. The summed E-state index contributed by atoms with van der Waals surface area (Å²) >= 11 is 0. The normalized spacial score (nSPS) is 13.8. The zero-order valence-corrected chi connectivity index (χ0v) is 21.4. The zero-order valence-electron chi connectivity index (χ0n) is 21.4. The maximum atomic E-state index is 13.2.